The highest BCUT2D eigenvalue weighted by Gasteiger charge is 2.17. The summed E-state index contributed by atoms with van der Waals surface area (Å²) in [7, 11) is 1.61. The van der Waals surface area contributed by atoms with Gasteiger partial charge in [-0.25, -0.2) is 13.6 Å². The van der Waals surface area contributed by atoms with E-state index in [1.807, 2.05) is 36.5 Å². The molecule has 0 fully saturated rings. The third-order valence-corrected chi connectivity index (χ3v) is 5.62. The van der Waals surface area contributed by atoms with Gasteiger partial charge in [0.25, 0.3) is 0 Å². The number of hydrogen-bond acceptors (Lipinski definition) is 2. The minimum absolute atomic E-state index is 0.0839. The molecule has 8 heteroatoms. The highest BCUT2D eigenvalue weighted by Crippen LogP contribution is 2.25. The maximum Gasteiger partial charge on any atom is 0.322 e. The number of nitrogens with zero attached hydrogens (tertiary/aromatic N) is 1. The molecule has 2 amide bonds. The molecule has 2 N–H and O–H groups in total. The number of hydrogen-bond donors (Lipinski definition) is 2. The lowest BCUT2D eigenvalue weighted by Gasteiger charge is -2.23. The van der Waals surface area contributed by atoms with E-state index in [1.54, 1.807) is 24.1 Å². The van der Waals surface area contributed by atoms with Crippen LogP contribution in [0.1, 0.15) is 11.1 Å². The number of aromatic amines is 1. The predicted molar refractivity (Wildman–Crippen MR) is 126 cm³/mol. The van der Waals surface area contributed by atoms with E-state index >= 15 is 0 Å². The van der Waals surface area contributed by atoms with Crippen molar-refractivity contribution < 1.29 is 18.3 Å². The van der Waals surface area contributed by atoms with Gasteiger partial charge in [-0.2, -0.15) is 0 Å². The number of nitrogens with one attached hydrogen (secondary N) is 2. The summed E-state index contributed by atoms with van der Waals surface area (Å²) in [6.45, 7) is 0.652. The Morgan fingerprint density at radius 1 is 1.09 bits per heavy atom. The van der Waals surface area contributed by atoms with Crippen LogP contribution in [0.25, 0.3) is 10.9 Å². The monoisotopic (exact) mass is 469 g/mol. The second-order valence-corrected chi connectivity index (χ2v) is 8.01. The van der Waals surface area contributed by atoms with E-state index < -0.39 is 17.7 Å². The molecule has 0 saturated carbocycles. The molecule has 4 aromatic rings. The molecule has 1 heterocycles. The zero-order chi connectivity index (χ0) is 23.4. The molecule has 0 bridgehead atoms. The molecule has 0 aliphatic heterocycles. The SMILES string of the molecule is COc1ccc2[nH]cc(CCN(Cc3ccc(Cl)cc3)C(=O)Nc3ccc(F)cc3F)c2c1. The van der Waals surface area contributed by atoms with E-state index in [1.165, 1.54) is 6.07 Å². The number of ether oxygens (including phenoxy) is 1. The summed E-state index contributed by atoms with van der Waals surface area (Å²) < 4.78 is 32.7. The molecule has 33 heavy (non-hydrogen) atoms. The standard InChI is InChI=1S/C25H22ClF2N3O2/c1-33-20-7-9-23-21(13-20)17(14-29-23)10-11-31(15-16-2-4-18(26)5-3-16)25(32)30-24-8-6-19(27)12-22(24)28/h2-9,12-14,29H,10-11,15H2,1H3,(H,30,32). The zero-order valence-corrected chi connectivity index (χ0v) is 18.6. The van der Waals surface area contributed by atoms with Crippen molar-refractivity contribution in [1.82, 2.24) is 9.88 Å². The number of rotatable bonds is 7. The molecule has 4 rings (SSSR count). The van der Waals surface area contributed by atoms with Gasteiger partial charge in [-0.15, -0.1) is 0 Å². The molecule has 0 aliphatic carbocycles. The lowest BCUT2D eigenvalue weighted by atomic mass is 10.1. The van der Waals surface area contributed by atoms with Gasteiger partial charge in [0.2, 0.25) is 0 Å². The number of amides is 2. The highest BCUT2D eigenvalue weighted by atomic mass is 35.5. The topological polar surface area (TPSA) is 57.4 Å². The van der Waals surface area contributed by atoms with Gasteiger partial charge in [0.15, 0.2) is 0 Å². The van der Waals surface area contributed by atoms with E-state index in [-0.39, 0.29) is 12.2 Å². The Bertz CT molecular complexity index is 1270. The van der Waals surface area contributed by atoms with E-state index in [9.17, 15) is 13.6 Å². The second-order valence-electron chi connectivity index (χ2n) is 7.58. The lowest BCUT2D eigenvalue weighted by Crippen LogP contribution is -2.36. The number of fused-ring (bicyclic) bond motifs is 1. The van der Waals surface area contributed by atoms with Crippen LogP contribution < -0.4 is 10.1 Å². The van der Waals surface area contributed by atoms with Crippen LogP contribution in [-0.2, 0) is 13.0 Å². The van der Waals surface area contributed by atoms with Gasteiger partial charge in [0, 0.05) is 41.3 Å². The zero-order valence-electron chi connectivity index (χ0n) is 17.9. The fourth-order valence-electron chi connectivity index (χ4n) is 3.59. The van der Waals surface area contributed by atoms with Crippen molar-refractivity contribution >= 4 is 34.2 Å². The van der Waals surface area contributed by atoms with Crippen LogP contribution >= 0.6 is 11.6 Å². The van der Waals surface area contributed by atoms with E-state index in [0.29, 0.717) is 18.0 Å². The number of anilines is 1. The van der Waals surface area contributed by atoms with Crippen molar-refractivity contribution in [3.63, 3.8) is 0 Å². The third kappa shape index (κ3) is 5.43. The number of H-pyrrole nitrogens is 1. The first-order chi connectivity index (χ1) is 15.9. The molecule has 1 aromatic heterocycles. The Balaban J connectivity index is 1.55. The Labute approximate surface area is 194 Å². The van der Waals surface area contributed by atoms with Gasteiger partial charge in [-0.05, 0) is 60.0 Å². The average Bonchev–Trinajstić information content (AvgIpc) is 3.21. The number of methoxy groups -OCH3 is 1. The summed E-state index contributed by atoms with van der Waals surface area (Å²) in [5, 5.41) is 4.14. The van der Waals surface area contributed by atoms with Crippen molar-refractivity contribution in [3.8, 4) is 5.75 Å². The molecule has 0 saturated heterocycles. The van der Waals surface area contributed by atoms with Crippen molar-refractivity contribution in [2.45, 2.75) is 13.0 Å². The van der Waals surface area contributed by atoms with Crippen LogP contribution in [-0.4, -0.2) is 29.6 Å². The molecule has 170 valence electrons. The van der Waals surface area contributed by atoms with Gasteiger partial charge >= 0.3 is 6.03 Å². The van der Waals surface area contributed by atoms with Crippen molar-refractivity contribution in [2.24, 2.45) is 0 Å². The normalized spacial score (nSPS) is 10.9. The Morgan fingerprint density at radius 3 is 2.61 bits per heavy atom. The van der Waals surface area contributed by atoms with Crippen molar-refractivity contribution in [2.75, 3.05) is 19.0 Å². The summed E-state index contributed by atoms with van der Waals surface area (Å²) in [6, 6.07) is 15.5. The molecule has 0 atom stereocenters. The number of aromatic nitrogens is 1. The van der Waals surface area contributed by atoms with Gasteiger partial charge in [0.05, 0.1) is 12.8 Å². The van der Waals surface area contributed by atoms with E-state index in [4.69, 9.17) is 16.3 Å². The molecular formula is C25H22ClF2N3O2. The van der Waals surface area contributed by atoms with E-state index in [0.717, 1.165) is 39.9 Å². The molecule has 5 nitrogen and oxygen atoms in total. The van der Waals surface area contributed by atoms with Crippen LogP contribution in [0.2, 0.25) is 5.02 Å². The fourth-order valence-corrected chi connectivity index (χ4v) is 3.72. The smallest absolute Gasteiger partial charge is 0.322 e. The summed E-state index contributed by atoms with van der Waals surface area (Å²) in [5.74, 6) is -0.803. The maximum absolute atomic E-state index is 14.1. The summed E-state index contributed by atoms with van der Waals surface area (Å²) >= 11 is 5.98. The molecular weight excluding hydrogens is 448 g/mol. The van der Waals surface area contributed by atoms with Gasteiger partial charge < -0.3 is 19.9 Å². The van der Waals surface area contributed by atoms with Crippen LogP contribution in [0.4, 0.5) is 19.3 Å². The van der Waals surface area contributed by atoms with Gasteiger partial charge in [0.1, 0.15) is 17.4 Å². The first-order valence-electron chi connectivity index (χ1n) is 10.3. The molecule has 0 spiro atoms. The van der Waals surface area contributed by atoms with Crippen LogP contribution in [0, 0.1) is 11.6 Å². The summed E-state index contributed by atoms with van der Waals surface area (Å²) in [5.41, 5.74) is 2.77. The third-order valence-electron chi connectivity index (χ3n) is 5.37. The van der Waals surface area contributed by atoms with E-state index in [2.05, 4.69) is 10.3 Å². The first-order valence-corrected chi connectivity index (χ1v) is 10.7. The number of benzene rings is 3. The van der Waals surface area contributed by atoms with Crippen LogP contribution in [0.5, 0.6) is 5.75 Å². The summed E-state index contributed by atoms with van der Waals surface area (Å²) in [6.07, 6.45) is 2.46. The minimum atomic E-state index is -0.835. The second kappa shape index (κ2) is 9.92. The molecule has 0 aliphatic rings. The fraction of sp³-hybridized carbons (Fsp3) is 0.160. The largest absolute Gasteiger partial charge is 0.497 e. The lowest BCUT2D eigenvalue weighted by molar-refractivity contribution is 0.209. The maximum atomic E-state index is 14.1. The van der Waals surface area contributed by atoms with Gasteiger partial charge in [-0.1, -0.05) is 23.7 Å². The Morgan fingerprint density at radius 2 is 1.88 bits per heavy atom. The van der Waals surface area contributed by atoms with Crippen LogP contribution in [0.3, 0.4) is 0 Å². The summed E-state index contributed by atoms with van der Waals surface area (Å²) in [4.78, 5) is 17.8. The highest BCUT2D eigenvalue weighted by molar-refractivity contribution is 6.30. The first kappa shape index (κ1) is 22.6. The molecule has 0 unspecified atom stereocenters. The van der Waals surface area contributed by atoms with Crippen molar-refractivity contribution in [1.29, 1.82) is 0 Å². The minimum Gasteiger partial charge on any atom is -0.497 e. The predicted octanol–water partition coefficient (Wildman–Crippen LogP) is 6.38. The molecule has 3 aromatic carbocycles. The molecule has 0 radical (unpaired) electrons. The number of halogens is 3. The number of urea groups is 1. The van der Waals surface area contributed by atoms with Gasteiger partial charge in [-0.3, -0.25) is 0 Å². The number of carbonyl (C=O) groups excluding carboxylic acids is 1. The van der Waals surface area contributed by atoms with Crippen molar-refractivity contribution in [3.05, 3.63) is 94.6 Å². The quantitative estimate of drug-likeness (QED) is 0.329. The number of carbonyl (C=O) groups is 1. The van der Waals surface area contributed by atoms with Crippen LogP contribution in [0.15, 0.2) is 66.9 Å². The average molecular weight is 470 g/mol. The Hall–Kier alpha value is -3.58. The Kier molecular flexibility index (Phi) is 6.79.